The first-order valence-corrected chi connectivity index (χ1v) is 9.33. The largest absolute Gasteiger partial charge is 0.626 e. The van der Waals surface area contributed by atoms with Gasteiger partial charge >= 0.3 is 0 Å². The van der Waals surface area contributed by atoms with Gasteiger partial charge in [0.25, 0.3) is 0 Å². The normalized spacial score (nSPS) is 30.3. The van der Waals surface area contributed by atoms with Gasteiger partial charge in [0.15, 0.2) is 12.4 Å². The van der Waals surface area contributed by atoms with Crippen LogP contribution in [0.5, 0.6) is 0 Å². The number of benzene rings is 1. The molecule has 1 atom stereocenters. The molecule has 1 aromatic carbocycles. The highest BCUT2D eigenvalue weighted by molar-refractivity contribution is 5.72. The molecular weight excluding hydrogens is 298 g/mol. The summed E-state index contributed by atoms with van der Waals surface area (Å²) in [5.41, 5.74) is 1.86. The van der Waals surface area contributed by atoms with Crippen molar-refractivity contribution in [2.45, 2.75) is 56.5 Å². The SMILES string of the molecule is C#CC1(N2CCC([N+]3([O-])CNc4ccccc43)CC2)CCCCC1. The van der Waals surface area contributed by atoms with Gasteiger partial charge in [0.2, 0.25) is 0 Å². The van der Waals surface area contributed by atoms with Gasteiger partial charge in [-0.1, -0.05) is 37.3 Å². The molecule has 1 aromatic rings. The summed E-state index contributed by atoms with van der Waals surface area (Å²) < 4.78 is -0.215. The summed E-state index contributed by atoms with van der Waals surface area (Å²) in [7, 11) is 0. The van der Waals surface area contributed by atoms with E-state index in [1.807, 2.05) is 24.3 Å². The molecule has 1 N–H and O–H groups in total. The van der Waals surface area contributed by atoms with E-state index in [1.54, 1.807) is 0 Å². The van der Waals surface area contributed by atoms with E-state index in [0.29, 0.717) is 6.67 Å². The van der Waals surface area contributed by atoms with Gasteiger partial charge in [-0.25, -0.2) is 0 Å². The lowest BCUT2D eigenvalue weighted by Gasteiger charge is -2.51. The fourth-order valence-electron chi connectivity index (χ4n) is 4.97. The maximum absolute atomic E-state index is 13.5. The fraction of sp³-hybridized carbons (Fsp3) is 0.600. The molecule has 4 heteroatoms. The molecule has 1 saturated heterocycles. The third kappa shape index (κ3) is 2.43. The van der Waals surface area contributed by atoms with Gasteiger partial charge in [-0.3, -0.25) is 4.90 Å². The standard InChI is InChI=1S/C20H27N3O/c1-2-20(12-6-3-7-13-20)22-14-10-17(11-15-22)23(24)16-21-18-8-4-5-9-19(18)23/h1,4-5,8-9,17,21H,3,6-7,10-16H2. The van der Waals surface area contributed by atoms with E-state index in [-0.39, 0.29) is 16.2 Å². The molecule has 2 aliphatic heterocycles. The number of anilines is 1. The Morgan fingerprint density at radius 1 is 1.17 bits per heavy atom. The third-order valence-electron chi connectivity index (χ3n) is 6.43. The van der Waals surface area contributed by atoms with Crippen molar-refractivity contribution in [2.75, 3.05) is 25.1 Å². The Balaban J connectivity index is 1.48. The van der Waals surface area contributed by atoms with Gasteiger partial charge in [0.05, 0.1) is 11.6 Å². The molecule has 24 heavy (non-hydrogen) atoms. The molecule has 0 amide bonds. The van der Waals surface area contributed by atoms with Crippen molar-refractivity contribution >= 4 is 11.4 Å². The van der Waals surface area contributed by atoms with Crippen molar-refractivity contribution in [2.24, 2.45) is 0 Å². The molecule has 3 aliphatic rings. The predicted molar refractivity (Wildman–Crippen MR) is 99.3 cm³/mol. The molecule has 0 radical (unpaired) electrons. The van der Waals surface area contributed by atoms with Gasteiger partial charge < -0.3 is 15.2 Å². The van der Waals surface area contributed by atoms with Crippen molar-refractivity contribution in [3.63, 3.8) is 0 Å². The number of terminal acetylenes is 1. The van der Waals surface area contributed by atoms with E-state index in [1.165, 1.54) is 19.3 Å². The highest BCUT2D eigenvalue weighted by Gasteiger charge is 2.43. The molecule has 0 aromatic heterocycles. The quantitative estimate of drug-likeness (QED) is 0.512. The lowest BCUT2D eigenvalue weighted by Crippen LogP contribution is -2.59. The average Bonchev–Trinajstić information content (AvgIpc) is 3.01. The number of quaternary nitrogens is 1. The zero-order valence-electron chi connectivity index (χ0n) is 14.3. The van der Waals surface area contributed by atoms with Crippen LogP contribution in [0.2, 0.25) is 0 Å². The molecule has 1 aliphatic carbocycles. The van der Waals surface area contributed by atoms with Crippen LogP contribution in [0.1, 0.15) is 44.9 Å². The van der Waals surface area contributed by atoms with Crippen LogP contribution in [0.25, 0.3) is 0 Å². The van der Waals surface area contributed by atoms with Gasteiger partial charge in [-0.2, -0.15) is 0 Å². The van der Waals surface area contributed by atoms with Crippen LogP contribution in [0, 0.1) is 17.6 Å². The second-order valence-corrected chi connectivity index (χ2v) is 7.60. The maximum Gasteiger partial charge on any atom is 0.158 e. The number of hydrogen-bond acceptors (Lipinski definition) is 3. The summed E-state index contributed by atoms with van der Waals surface area (Å²) in [6.45, 7) is 2.38. The summed E-state index contributed by atoms with van der Waals surface area (Å²) in [5, 5.41) is 16.8. The smallest absolute Gasteiger partial charge is 0.158 e. The molecule has 0 bridgehead atoms. The number of para-hydroxylation sites is 2. The Morgan fingerprint density at radius 3 is 2.58 bits per heavy atom. The molecule has 128 valence electrons. The zero-order valence-corrected chi connectivity index (χ0v) is 14.3. The monoisotopic (exact) mass is 325 g/mol. The highest BCUT2D eigenvalue weighted by atomic mass is 16.6. The molecule has 4 nitrogen and oxygen atoms in total. The lowest BCUT2D eigenvalue weighted by atomic mass is 9.79. The Kier molecular flexibility index (Phi) is 4.04. The minimum Gasteiger partial charge on any atom is -0.626 e. The number of likely N-dealkylation sites (tertiary alicyclic amines) is 1. The van der Waals surface area contributed by atoms with Crippen LogP contribution in [0.4, 0.5) is 11.4 Å². The Hall–Kier alpha value is -1.54. The van der Waals surface area contributed by atoms with E-state index in [0.717, 1.165) is 50.1 Å². The maximum atomic E-state index is 13.5. The van der Waals surface area contributed by atoms with E-state index in [4.69, 9.17) is 6.42 Å². The van der Waals surface area contributed by atoms with Crippen LogP contribution in [-0.2, 0) is 0 Å². The van der Waals surface area contributed by atoms with Crippen LogP contribution in [0.15, 0.2) is 24.3 Å². The van der Waals surface area contributed by atoms with Crippen LogP contribution >= 0.6 is 0 Å². The van der Waals surface area contributed by atoms with Crippen molar-refractivity contribution in [1.29, 1.82) is 0 Å². The topological polar surface area (TPSA) is 38.3 Å². The van der Waals surface area contributed by atoms with Gasteiger partial charge in [-0.05, 0) is 18.9 Å². The molecular formula is C20H27N3O. The van der Waals surface area contributed by atoms with E-state index in [2.05, 4.69) is 16.1 Å². The summed E-state index contributed by atoms with van der Waals surface area (Å²) in [5.74, 6) is 3.13. The number of fused-ring (bicyclic) bond motifs is 1. The van der Waals surface area contributed by atoms with Crippen molar-refractivity contribution < 1.29 is 0 Å². The molecule has 1 saturated carbocycles. The second-order valence-electron chi connectivity index (χ2n) is 7.60. The molecule has 2 heterocycles. The molecule has 4 rings (SSSR count). The van der Waals surface area contributed by atoms with Crippen LogP contribution in [-0.4, -0.2) is 36.2 Å². The third-order valence-corrected chi connectivity index (χ3v) is 6.43. The number of hydroxylamine groups is 2. The minimum absolute atomic E-state index is 0.0436. The summed E-state index contributed by atoms with van der Waals surface area (Å²) in [4.78, 5) is 2.50. The van der Waals surface area contributed by atoms with Gasteiger partial charge in [0, 0.05) is 32.0 Å². The van der Waals surface area contributed by atoms with Gasteiger partial charge in [-0.15, -0.1) is 6.42 Å². The second kappa shape index (κ2) is 6.07. The van der Waals surface area contributed by atoms with Crippen LogP contribution in [0.3, 0.4) is 0 Å². The molecule has 1 unspecified atom stereocenters. The summed E-state index contributed by atoms with van der Waals surface area (Å²) in [6, 6.07) is 8.09. The minimum atomic E-state index is -0.215. The average molecular weight is 325 g/mol. The van der Waals surface area contributed by atoms with Crippen molar-refractivity contribution in [3.8, 4) is 12.3 Å². The fourth-order valence-corrected chi connectivity index (χ4v) is 4.97. The number of rotatable bonds is 2. The number of nitrogens with one attached hydrogen (secondary N) is 1. The Morgan fingerprint density at radius 2 is 1.88 bits per heavy atom. The Bertz CT molecular complexity index is 639. The highest BCUT2D eigenvalue weighted by Crippen LogP contribution is 2.42. The van der Waals surface area contributed by atoms with Crippen molar-refractivity contribution in [1.82, 2.24) is 9.55 Å². The lowest BCUT2D eigenvalue weighted by molar-refractivity contribution is 0.0540. The predicted octanol–water partition coefficient (Wildman–Crippen LogP) is 3.68. The van der Waals surface area contributed by atoms with Crippen LogP contribution < -0.4 is 9.96 Å². The van der Waals surface area contributed by atoms with E-state index >= 15 is 0 Å². The summed E-state index contributed by atoms with van der Waals surface area (Å²) >= 11 is 0. The number of nitrogens with zero attached hydrogens (tertiary/aromatic N) is 2. The van der Waals surface area contributed by atoms with Gasteiger partial charge in [0.1, 0.15) is 5.69 Å². The van der Waals surface area contributed by atoms with E-state index in [9.17, 15) is 5.21 Å². The summed E-state index contributed by atoms with van der Waals surface area (Å²) in [6.07, 6.45) is 13.8. The van der Waals surface area contributed by atoms with Crippen molar-refractivity contribution in [3.05, 3.63) is 29.5 Å². The first kappa shape index (κ1) is 16.0. The Labute approximate surface area is 145 Å². The molecule has 2 fully saturated rings. The number of hydrogen-bond donors (Lipinski definition) is 1. The number of piperidine rings is 1. The molecule has 0 spiro atoms. The first-order valence-electron chi connectivity index (χ1n) is 9.33. The van der Waals surface area contributed by atoms with E-state index < -0.39 is 0 Å². The first-order chi connectivity index (χ1) is 11.7. The zero-order chi connectivity index (χ0) is 16.6.